The van der Waals surface area contributed by atoms with Crippen LogP contribution in [0.3, 0.4) is 0 Å². The Morgan fingerprint density at radius 1 is 0.935 bits per heavy atom. The number of hydrogen-bond donors (Lipinski definition) is 2. The summed E-state index contributed by atoms with van der Waals surface area (Å²) in [6.45, 7) is 1.68. The molecule has 2 aromatic rings. The average Bonchev–Trinajstić information content (AvgIpc) is 2.78. The molecule has 0 radical (unpaired) electrons. The van der Waals surface area contributed by atoms with Gasteiger partial charge < -0.3 is 29.6 Å². The smallest absolute Gasteiger partial charge is 0.325 e. The number of esters is 1. The molecule has 0 fully saturated rings. The number of ether oxygens (including phenoxy) is 4. The van der Waals surface area contributed by atoms with Gasteiger partial charge in [0, 0.05) is 5.56 Å². The van der Waals surface area contributed by atoms with Crippen LogP contribution in [0.15, 0.2) is 42.5 Å². The van der Waals surface area contributed by atoms with Crippen LogP contribution in [0.5, 0.6) is 17.2 Å². The van der Waals surface area contributed by atoms with Crippen LogP contribution in [0, 0.1) is 6.92 Å². The van der Waals surface area contributed by atoms with Crippen molar-refractivity contribution in [3.05, 3.63) is 53.6 Å². The highest BCUT2D eigenvalue weighted by Crippen LogP contribution is 2.27. The number of carbonyl (C=O) groups excluding carboxylic acids is 3. The third-order valence-corrected chi connectivity index (χ3v) is 4.09. The van der Waals surface area contributed by atoms with E-state index in [0.717, 1.165) is 5.56 Å². The topological polar surface area (TPSA) is 112 Å². The van der Waals surface area contributed by atoms with Gasteiger partial charge in [-0.25, -0.2) is 0 Å². The maximum Gasteiger partial charge on any atom is 0.325 e. The Balaban J connectivity index is 1.64. The Labute approximate surface area is 180 Å². The summed E-state index contributed by atoms with van der Waals surface area (Å²) in [6.07, 6.45) is 0. The number of hydrogen-bond acceptors (Lipinski definition) is 7. The molecule has 0 unspecified atom stereocenters. The largest absolute Gasteiger partial charge is 0.493 e. The summed E-state index contributed by atoms with van der Waals surface area (Å²) >= 11 is 0. The number of amides is 2. The first kappa shape index (κ1) is 23.5. The van der Waals surface area contributed by atoms with E-state index in [9.17, 15) is 14.4 Å². The third kappa shape index (κ3) is 7.88. The Morgan fingerprint density at radius 3 is 2.42 bits per heavy atom. The number of benzene rings is 2. The monoisotopic (exact) mass is 430 g/mol. The second-order valence-corrected chi connectivity index (χ2v) is 6.43. The van der Waals surface area contributed by atoms with E-state index in [2.05, 4.69) is 10.6 Å². The maximum atomic E-state index is 12.2. The van der Waals surface area contributed by atoms with Gasteiger partial charge in [-0.05, 0) is 42.8 Å². The minimum absolute atomic E-state index is 0.264. The number of nitrogens with one attached hydrogen (secondary N) is 2. The predicted octanol–water partition coefficient (Wildman–Crippen LogP) is 1.48. The fraction of sp³-hybridized carbons (Fsp3) is 0.318. The Kier molecular flexibility index (Phi) is 9.15. The highest BCUT2D eigenvalue weighted by atomic mass is 16.5. The Hall–Kier alpha value is -3.75. The second kappa shape index (κ2) is 12.1. The minimum Gasteiger partial charge on any atom is -0.493 e. The molecule has 0 aliphatic rings. The first-order chi connectivity index (χ1) is 14.9. The van der Waals surface area contributed by atoms with Gasteiger partial charge in [0.25, 0.3) is 11.8 Å². The lowest BCUT2D eigenvalue weighted by Gasteiger charge is -2.10. The zero-order chi connectivity index (χ0) is 22.6. The molecule has 0 aliphatic carbocycles. The molecule has 0 saturated heterocycles. The maximum absolute atomic E-state index is 12.2. The lowest BCUT2D eigenvalue weighted by Crippen LogP contribution is -2.35. The van der Waals surface area contributed by atoms with Gasteiger partial charge in [-0.1, -0.05) is 12.1 Å². The summed E-state index contributed by atoms with van der Waals surface area (Å²) in [5.74, 6) is -0.108. The van der Waals surface area contributed by atoms with Crippen molar-refractivity contribution in [1.82, 2.24) is 10.6 Å². The molecule has 0 heterocycles. The highest BCUT2D eigenvalue weighted by Gasteiger charge is 2.13. The minimum atomic E-state index is -0.736. The SMILES string of the molecule is COc1ccc(C(=O)NCC(=O)OCC(=O)NCCOc2cccc(C)c2)cc1OC. The molecule has 2 aromatic carbocycles. The zero-order valence-corrected chi connectivity index (χ0v) is 17.7. The lowest BCUT2D eigenvalue weighted by molar-refractivity contribution is -0.147. The molecule has 31 heavy (non-hydrogen) atoms. The van der Waals surface area contributed by atoms with Crippen molar-refractivity contribution in [2.75, 3.05) is 40.5 Å². The van der Waals surface area contributed by atoms with Crippen LogP contribution in [0.4, 0.5) is 0 Å². The average molecular weight is 430 g/mol. The molecule has 0 spiro atoms. The number of rotatable bonds is 11. The summed E-state index contributed by atoms with van der Waals surface area (Å²) in [5.41, 5.74) is 1.36. The van der Waals surface area contributed by atoms with Crippen LogP contribution >= 0.6 is 0 Å². The second-order valence-electron chi connectivity index (χ2n) is 6.43. The zero-order valence-electron chi connectivity index (χ0n) is 17.7. The van der Waals surface area contributed by atoms with Crippen LogP contribution in [0.2, 0.25) is 0 Å². The first-order valence-electron chi connectivity index (χ1n) is 9.55. The third-order valence-electron chi connectivity index (χ3n) is 4.09. The molecular weight excluding hydrogens is 404 g/mol. The van der Waals surface area contributed by atoms with Gasteiger partial charge in [-0.15, -0.1) is 0 Å². The molecule has 2 rings (SSSR count). The van der Waals surface area contributed by atoms with Crippen LogP contribution in [-0.4, -0.2) is 58.3 Å². The molecule has 2 N–H and O–H groups in total. The van der Waals surface area contributed by atoms with Gasteiger partial charge in [-0.2, -0.15) is 0 Å². The molecule has 0 atom stereocenters. The van der Waals surface area contributed by atoms with E-state index in [1.165, 1.54) is 26.4 Å². The molecule has 0 bridgehead atoms. The molecule has 9 nitrogen and oxygen atoms in total. The van der Waals surface area contributed by atoms with E-state index in [1.54, 1.807) is 6.07 Å². The Morgan fingerprint density at radius 2 is 1.71 bits per heavy atom. The van der Waals surface area contributed by atoms with Crippen LogP contribution < -0.4 is 24.8 Å². The molecule has 0 aromatic heterocycles. The van der Waals surface area contributed by atoms with Crippen molar-refractivity contribution in [3.8, 4) is 17.2 Å². The molecule has 2 amide bonds. The lowest BCUT2D eigenvalue weighted by atomic mass is 10.2. The van der Waals surface area contributed by atoms with Crippen molar-refractivity contribution >= 4 is 17.8 Å². The first-order valence-corrected chi connectivity index (χ1v) is 9.55. The molecule has 9 heteroatoms. The van der Waals surface area contributed by atoms with Crippen LogP contribution in [0.25, 0.3) is 0 Å². The van der Waals surface area contributed by atoms with Gasteiger partial charge in [0.2, 0.25) is 0 Å². The van der Waals surface area contributed by atoms with Crippen molar-refractivity contribution in [1.29, 1.82) is 0 Å². The summed E-state index contributed by atoms with van der Waals surface area (Å²) in [5, 5.41) is 5.01. The van der Waals surface area contributed by atoms with Gasteiger partial charge in [0.1, 0.15) is 18.9 Å². The van der Waals surface area contributed by atoms with Gasteiger partial charge in [0.15, 0.2) is 18.1 Å². The van der Waals surface area contributed by atoms with Gasteiger partial charge in [-0.3, -0.25) is 14.4 Å². The summed E-state index contributed by atoms with van der Waals surface area (Å²) in [7, 11) is 2.94. The van der Waals surface area contributed by atoms with Crippen molar-refractivity contribution in [3.63, 3.8) is 0 Å². The fourth-order valence-electron chi connectivity index (χ4n) is 2.54. The van der Waals surface area contributed by atoms with Crippen LogP contribution in [-0.2, 0) is 14.3 Å². The molecular formula is C22H26N2O7. The highest BCUT2D eigenvalue weighted by molar-refractivity contribution is 5.96. The fourth-order valence-corrected chi connectivity index (χ4v) is 2.54. The number of carbonyl (C=O) groups is 3. The van der Waals surface area contributed by atoms with E-state index >= 15 is 0 Å². The van der Waals surface area contributed by atoms with Crippen molar-refractivity contribution in [2.24, 2.45) is 0 Å². The van der Waals surface area contributed by atoms with Crippen molar-refractivity contribution in [2.45, 2.75) is 6.92 Å². The van der Waals surface area contributed by atoms with Gasteiger partial charge in [0.05, 0.1) is 20.8 Å². The number of aryl methyl sites for hydroxylation is 1. The standard InChI is InChI=1S/C22H26N2O7/c1-15-5-4-6-17(11-15)30-10-9-23-20(25)14-31-21(26)13-24-22(27)16-7-8-18(28-2)19(12-16)29-3/h4-8,11-12H,9-10,13-14H2,1-3H3,(H,23,25)(H,24,27). The normalized spacial score (nSPS) is 10.0. The van der Waals surface area contributed by atoms with E-state index in [4.69, 9.17) is 18.9 Å². The van der Waals surface area contributed by atoms with E-state index in [0.29, 0.717) is 17.2 Å². The molecule has 0 aliphatic heterocycles. The molecule has 0 saturated carbocycles. The van der Waals surface area contributed by atoms with E-state index in [1.807, 2.05) is 31.2 Å². The van der Waals surface area contributed by atoms with E-state index in [-0.39, 0.29) is 25.3 Å². The van der Waals surface area contributed by atoms with Crippen molar-refractivity contribution < 1.29 is 33.3 Å². The predicted molar refractivity (Wildman–Crippen MR) is 113 cm³/mol. The summed E-state index contributed by atoms with van der Waals surface area (Å²) in [4.78, 5) is 35.7. The summed E-state index contributed by atoms with van der Waals surface area (Å²) < 4.78 is 20.6. The Bertz CT molecular complexity index is 914. The summed E-state index contributed by atoms with van der Waals surface area (Å²) in [6, 6.07) is 12.2. The molecule has 166 valence electrons. The van der Waals surface area contributed by atoms with Crippen LogP contribution in [0.1, 0.15) is 15.9 Å². The number of methoxy groups -OCH3 is 2. The van der Waals surface area contributed by atoms with Gasteiger partial charge >= 0.3 is 5.97 Å². The quantitative estimate of drug-likeness (QED) is 0.410. The van der Waals surface area contributed by atoms with E-state index < -0.39 is 24.4 Å².